The second kappa shape index (κ2) is 6.27. The number of nitrogens with zero attached hydrogens (tertiary/aromatic N) is 1. The number of rotatable bonds is 0. The fourth-order valence-corrected chi connectivity index (χ4v) is 1.60. The van der Waals surface area contributed by atoms with E-state index in [0.29, 0.717) is 0 Å². The van der Waals surface area contributed by atoms with Crippen molar-refractivity contribution in [2.75, 3.05) is 5.73 Å². The van der Waals surface area contributed by atoms with Gasteiger partial charge in [0.2, 0.25) is 0 Å². The van der Waals surface area contributed by atoms with Gasteiger partial charge >= 0.3 is 0 Å². The Hall–Kier alpha value is -0.220. The molecule has 0 aliphatic heterocycles. The molecule has 0 atom stereocenters. The zero-order valence-electron chi connectivity index (χ0n) is 6.47. The first kappa shape index (κ1) is 15.3. The zero-order valence-corrected chi connectivity index (χ0v) is 9.73. The second-order valence-corrected chi connectivity index (χ2v) is 2.97. The van der Waals surface area contributed by atoms with Crippen LogP contribution in [0.2, 0.25) is 0 Å². The largest absolute Gasteiger partial charge is 0.399 e. The normalized spacial score (nSPS) is 8.00. The average Bonchev–Trinajstić information content (AvgIpc) is 2.33. The Balaban J connectivity index is 0. The molecule has 0 unspecified atom stereocenters. The summed E-state index contributed by atoms with van der Waals surface area (Å²) in [5.41, 5.74) is 9.22. The van der Waals surface area contributed by atoms with Crippen LogP contribution in [-0.4, -0.2) is 4.98 Å². The Morgan fingerprint density at radius 1 is 1.15 bits per heavy atom. The Morgan fingerprint density at radius 2 is 1.85 bits per heavy atom. The van der Waals surface area contributed by atoms with Crippen LogP contribution in [0.1, 0.15) is 0 Å². The van der Waals surface area contributed by atoms with Crippen LogP contribution >= 0.6 is 48.6 Å². The van der Waals surface area contributed by atoms with Crippen molar-refractivity contribution in [1.29, 1.82) is 0 Å². The molecule has 0 fully saturated rings. The quantitative estimate of drug-likeness (QED) is 0.738. The summed E-state index contributed by atoms with van der Waals surface area (Å²) in [6.45, 7) is 0. The van der Waals surface area contributed by atoms with Gasteiger partial charge < -0.3 is 5.73 Å². The molecule has 0 aliphatic rings. The van der Waals surface area contributed by atoms with Gasteiger partial charge in [0.15, 0.2) is 0 Å². The summed E-state index contributed by atoms with van der Waals surface area (Å²) in [7, 11) is 0. The fourth-order valence-electron chi connectivity index (χ4n) is 0.872. The molecular weight excluding hydrogens is 251 g/mol. The van der Waals surface area contributed by atoms with Gasteiger partial charge in [-0.1, -0.05) is 0 Å². The monoisotopic (exact) mass is 258 g/mol. The van der Waals surface area contributed by atoms with Gasteiger partial charge in [-0.3, -0.25) is 0 Å². The lowest BCUT2D eigenvalue weighted by Gasteiger charge is -1.89. The molecule has 0 spiro atoms. The molecule has 1 aromatic carbocycles. The number of aromatic nitrogens is 1. The van der Waals surface area contributed by atoms with Crippen molar-refractivity contribution in [3.05, 3.63) is 23.7 Å². The number of hydrogen-bond acceptors (Lipinski definition) is 3. The standard InChI is InChI=1S/C7H6N2S.3ClH/c8-5-1-2-6-7(3-5)10-4-9-6;;;/h1-4H,8H2;3*1H. The highest BCUT2D eigenvalue weighted by Crippen LogP contribution is 2.19. The summed E-state index contributed by atoms with van der Waals surface area (Å²) >= 11 is 1.61. The number of thiazole rings is 1. The molecule has 1 heterocycles. The van der Waals surface area contributed by atoms with E-state index in [4.69, 9.17) is 5.73 Å². The van der Waals surface area contributed by atoms with Crippen LogP contribution in [0.5, 0.6) is 0 Å². The molecule has 0 bridgehead atoms. The SMILES string of the molecule is Cl.Cl.Cl.Nc1ccc2ncsc2c1. The minimum atomic E-state index is 0. The lowest BCUT2D eigenvalue weighted by molar-refractivity contribution is 1.50. The van der Waals surface area contributed by atoms with Gasteiger partial charge in [0.05, 0.1) is 15.7 Å². The van der Waals surface area contributed by atoms with Crippen LogP contribution in [0, 0.1) is 0 Å². The predicted molar refractivity (Wildman–Crippen MR) is 65.8 cm³/mol. The van der Waals surface area contributed by atoms with Crippen molar-refractivity contribution < 1.29 is 0 Å². The molecule has 0 radical (unpaired) electrons. The fraction of sp³-hybridized carbons (Fsp3) is 0. The molecule has 2 aromatic rings. The Morgan fingerprint density at radius 3 is 2.54 bits per heavy atom. The number of hydrogen-bond donors (Lipinski definition) is 1. The predicted octanol–water partition coefficient (Wildman–Crippen LogP) is 3.14. The summed E-state index contributed by atoms with van der Waals surface area (Å²) < 4.78 is 1.15. The number of fused-ring (bicyclic) bond motifs is 1. The third-order valence-electron chi connectivity index (χ3n) is 1.36. The third kappa shape index (κ3) is 3.19. The molecule has 74 valence electrons. The highest BCUT2D eigenvalue weighted by molar-refractivity contribution is 7.16. The first-order valence-electron chi connectivity index (χ1n) is 2.95. The number of nitrogen functional groups attached to an aromatic ring is 1. The first-order chi connectivity index (χ1) is 4.86. The van der Waals surface area contributed by atoms with E-state index in [1.165, 1.54) is 0 Å². The summed E-state index contributed by atoms with van der Waals surface area (Å²) in [5, 5.41) is 0. The van der Waals surface area contributed by atoms with Gasteiger partial charge in [-0.25, -0.2) is 4.98 Å². The van der Waals surface area contributed by atoms with Crippen molar-refractivity contribution in [3.63, 3.8) is 0 Å². The third-order valence-corrected chi connectivity index (χ3v) is 2.15. The van der Waals surface area contributed by atoms with Crippen molar-refractivity contribution in [3.8, 4) is 0 Å². The van der Waals surface area contributed by atoms with E-state index >= 15 is 0 Å². The molecule has 0 saturated carbocycles. The molecule has 6 heteroatoms. The molecule has 13 heavy (non-hydrogen) atoms. The van der Waals surface area contributed by atoms with Crippen molar-refractivity contribution >= 4 is 64.5 Å². The molecule has 0 saturated heterocycles. The first-order valence-corrected chi connectivity index (χ1v) is 3.83. The van der Waals surface area contributed by atoms with Crippen LogP contribution in [0.4, 0.5) is 5.69 Å². The molecular formula is C7H9Cl3N2S. The van der Waals surface area contributed by atoms with Gasteiger partial charge in [-0.2, -0.15) is 0 Å². The summed E-state index contributed by atoms with van der Waals surface area (Å²) in [6, 6.07) is 5.73. The zero-order chi connectivity index (χ0) is 6.97. The van der Waals surface area contributed by atoms with Crippen molar-refractivity contribution in [2.45, 2.75) is 0 Å². The lowest BCUT2D eigenvalue weighted by atomic mass is 10.3. The van der Waals surface area contributed by atoms with Crippen LogP contribution in [0.3, 0.4) is 0 Å². The van der Waals surface area contributed by atoms with Gasteiger partial charge in [-0.05, 0) is 18.2 Å². The van der Waals surface area contributed by atoms with E-state index in [1.54, 1.807) is 11.3 Å². The minimum absolute atomic E-state index is 0. The maximum atomic E-state index is 5.56. The van der Waals surface area contributed by atoms with E-state index in [9.17, 15) is 0 Å². The lowest BCUT2D eigenvalue weighted by Crippen LogP contribution is -1.81. The van der Waals surface area contributed by atoms with Gasteiger partial charge in [-0.15, -0.1) is 48.6 Å². The van der Waals surface area contributed by atoms with Gasteiger partial charge in [0, 0.05) is 5.69 Å². The van der Waals surface area contributed by atoms with E-state index in [0.717, 1.165) is 15.9 Å². The Kier molecular flexibility index (Phi) is 7.36. The van der Waals surface area contributed by atoms with Crippen LogP contribution in [-0.2, 0) is 0 Å². The molecule has 0 amide bonds. The molecule has 2 nitrogen and oxygen atoms in total. The number of anilines is 1. The van der Waals surface area contributed by atoms with E-state index in [2.05, 4.69) is 4.98 Å². The highest BCUT2D eigenvalue weighted by Gasteiger charge is 1.93. The van der Waals surface area contributed by atoms with Crippen LogP contribution in [0.15, 0.2) is 23.7 Å². The average molecular weight is 260 g/mol. The molecule has 2 N–H and O–H groups in total. The minimum Gasteiger partial charge on any atom is -0.399 e. The summed E-state index contributed by atoms with van der Waals surface area (Å²) in [5.74, 6) is 0. The van der Waals surface area contributed by atoms with E-state index < -0.39 is 0 Å². The number of nitrogens with two attached hydrogens (primary N) is 1. The van der Waals surface area contributed by atoms with E-state index in [-0.39, 0.29) is 37.2 Å². The van der Waals surface area contributed by atoms with Crippen LogP contribution in [0.25, 0.3) is 10.2 Å². The number of benzene rings is 1. The summed E-state index contributed by atoms with van der Waals surface area (Å²) in [6.07, 6.45) is 0. The second-order valence-electron chi connectivity index (χ2n) is 2.08. The molecule has 2 rings (SSSR count). The van der Waals surface area contributed by atoms with Gasteiger partial charge in [0.1, 0.15) is 0 Å². The van der Waals surface area contributed by atoms with Crippen molar-refractivity contribution in [2.24, 2.45) is 0 Å². The Labute approximate surface area is 98.8 Å². The number of halogens is 3. The Bertz CT molecular complexity index is 363. The molecule has 0 aliphatic carbocycles. The maximum Gasteiger partial charge on any atom is 0.0813 e. The van der Waals surface area contributed by atoms with Gasteiger partial charge in [0.25, 0.3) is 0 Å². The van der Waals surface area contributed by atoms with Crippen molar-refractivity contribution in [1.82, 2.24) is 4.98 Å². The summed E-state index contributed by atoms with van der Waals surface area (Å²) in [4.78, 5) is 4.12. The smallest absolute Gasteiger partial charge is 0.0813 e. The maximum absolute atomic E-state index is 5.56. The van der Waals surface area contributed by atoms with E-state index in [1.807, 2.05) is 23.7 Å². The van der Waals surface area contributed by atoms with Crippen LogP contribution < -0.4 is 5.73 Å². The molecule has 1 aromatic heterocycles. The topological polar surface area (TPSA) is 38.9 Å². The highest BCUT2D eigenvalue weighted by atomic mass is 35.5.